The number of rotatable bonds is 4. The first-order valence-corrected chi connectivity index (χ1v) is 23.1. The Hall–Kier alpha value is -8.20. The van der Waals surface area contributed by atoms with Crippen molar-refractivity contribution in [3.05, 3.63) is 252 Å². The molecule has 66 heavy (non-hydrogen) atoms. The Morgan fingerprint density at radius 3 is 1.55 bits per heavy atom. The Kier molecular flexibility index (Phi) is 7.70. The Morgan fingerprint density at radius 2 is 0.833 bits per heavy atom. The van der Waals surface area contributed by atoms with Crippen LogP contribution in [-0.4, -0.2) is 9.97 Å². The summed E-state index contributed by atoms with van der Waals surface area (Å²) in [4.78, 5) is 10.8. The average molecular weight is 839 g/mol. The maximum atomic E-state index is 5.39. The van der Waals surface area contributed by atoms with Crippen LogP contribution in [0.25, 0.3) is 100.0 Å². The molecular weight excluding hydrogens is 797 g/mol. The quantitative estimate of drug-likeness (QED) is 0.176. The normalized spacial score (nSPS) is 14.2. The molecule has 0 unspecified atom stereocenters. The standard InChI is InChI=1S/C64H42N2/c1-63(2)57-30-16-26-50(61(57)52-35-40-19-6-7-20-41(40)37-58(52)63)45-32-33-49(44-22-9-8-21-43(44)45)60-38-59(65-62(66-60)39-17-4-3-5-18-39)42-31-34-56-51(36-42)48-25-12-15-29-55(48)64(56)53-27-13-10-23-46(53)47-24-11-14-28-54(47)64/h3-38H,1-2H3. The topological polar surface area (TPSA) is 25.8 Å². The van der Waals surface area contributed by atoms with Crippen molar-refractivity contribution < 1.29 is 0 Å². The van der Waals surface area contributed by atoms with Gasteiger partial charge in [-0.15, -0.1) is 0 Å². The van der Waals surface area contributed by atoms with Gasteiger partial charge in [-0.25, -0.2) is 9.97 Å². The zero-order valence-corrected chi connectivity index (χ0v) is 36.7. The van der Waals surface area contributed by atoms with Crippen LogP contribution in [0.1, 0.15) is 47.2 Å². The molecule has 0 fully saturated rings. The molecule has 10 aromatic carbocycles. The van der Waals surface area contributed by atoms with Crippen LogP contribution in [0.3, 0.4) is 0 Å². The Labute approximate surface area is 384 Å². The van der Waals surface area contributed by atoms with E-state index in [4.69, 9.17) is 9.97 Å². The Balaban J connectivity index is 0.957. The molecule has 3 aliphatic carbocycles. The summed E-state index contributed by atoms with van der Waals surface area (Å²) in [6.07, 6.45) is 0. The van der Waals surface area contributed by atoms with E-state index in [-0.39, 0.29) is 5.41 Å². The molecule has 0 N–H and O–H groups in total. The predicted octanol–water partition coefficient (Wildman–Crippen LogP) is 16.1. The van der Waals surface area contributed by atoms with E-state index in [9.17, 15) is 0 Å². The van der Waals surface area contributed by atoms with Crippen LogP contribution in [-0.2, 0) is 10.8 Å². The molecule has 0 radical (unpaired) electrons. The van der Waals surface area contributed by atoms with Crippen LogP contribution in [0.4, 0.5) is 0 Å². The lowest BCUT2D eigenvalue weighted by atomic mass is 9.70. The molecule has 0 aliphatic heterocycles. The molecule has 3 aliphatic rings. The largest absolute Gasteiger partial charge is 0.228 e. The molecule has 0 atom stereocenters. The number of benzene rings is 10. The highest BCUT2D eigenvalue weighted by Gasteiger charge is 2.51. The summed E-state index contributed by atoms with van der Waals surface area (Å²) < 4.78 is 0. The highest BCUT2D eigenvalue weighted by Crippen LogP contribution is 2.63. The van der Waals surface area contributed by atoms with Crippen molar-refractivity contribution in [3.8, 4) is 78.4 Å². The molecule has 308 valence electrons. The van der Waals surface area contributed by atoms with Gasteiger partial charge < -0.3 is 0 Å². The van der Waals surface area contributed by atoms with Crippen molar-refractivity contribution in [1.82, 2.24) is 9.97 Å². The van der Waals surface area contributed by atoms with Crippen molar-refractivity contribution in [3.63, 3.8) is 0 Å². The fourth-order valence-corrected chi connectivity index (χ4v) is 12.2. The zero-order valence-electron chi connectivity index (χ0n) is 36.7. The second-order valence-corrected chi connectivity index (χ2v) is 18.8. The van der Waals surface area contributed by atoms with E-state index in [1.54, 1.807) is 0 Å². The maximum absolute atomic E-state index is 5.39. The third kappa shape index (κ3) is 5.01. The van der Waals surface area contributed by atoms with Gasteiger partial charge in [-0.05, 0) is 124 Å². The van der Waals surface area contributed by atoms with Gasteiger partial charge in [0.25, 0.3) is 0 Å². The molecule has 1 heterocycles. The first-order valence-electron chi connectivity index (χ1n) is 23.1. The van der Waals surface area contributed by atoms with E-state index in [0.29, 0.717) is 5.82 Å². The fraction of sp³-hybridized carbons (Fsp3) is 0.0625. The summed E-state index contributed by atoms with van der Waals surface area (Å²) in [6, 6.07) is 80.6. The van der Waals surface area contributed by atoms with Crippen LogP contribution in [0, 0.1) is 0 Å². The SMILES string of the molecule is CC1(C)c2cc3ccccc3cc2-c2c(-c3ccc(-c4cc(-c5ccc6c(c5)-c5ccccc5C65c6ccccc6-c6ccccc65)nc(-c5ccccc5)n4)c4ccccc34)cccc21. The minimum atomic E-state index is -0.394. The zero-order chi connectivity index (χ0) is 43.7. The smallest absolute Gasteiger partial charge is 0.160 e. The first-order chi connectivity index (χ1) is 32.5. The molecule has 14 rings (SSSR count). The predicted molar refractivity (Wildman–Crippen MR) is 273 cm³/mol. The lowest BCUT2D eigenvalue weighted by molar-refractivity contribution is 0.661. The summed E-state index contributed by atoms with van der Waals surface area (Å²) >= 11 is 0. The maximum Gasteiger partial charge on any atom is 0.160 e. The highest BCUT2D eigenvalue weighted by molar-refractivity contribution is 6.09. The van der Waals surface area contributed by atoms with E-state index in [1.165, 1.54) is 94.0 Å². The van der Waals surface area contributed by atoms with Gasteiger partial charge in [0, 0.05) is 22.1 Å². The average Bonchev–Trinajstić information content (AvgIpc) is 3.93. The number of fused-ring (bicyclic) bond motifs is 15. The summed E-state index contributed by atoms with van der Waals surface area (Å²) in [5.41, 5.74) is 22.8. The molecule has 0 amide bonds. The summed E-state index contributed by atoms with van der Waals surface area (Å²) in [5.74, 6) is 0.708. The van der Waals surface area contributed by atoms with Gasteiger partial charge in [0.05, 0.1) is 16.8 Å². The van der Waals surface area contributed by atoms with Crippen molar-refractivity contribution in [2.24, 2.45) is 0 Å². The van der Waals surface area contributed by atoms with Gasteiger partial charge in [-0.1, -0.05) is 208 Å². The highest BCUT2D eigenvalue weighted by atomic mass is 14.9. The lowest BCUT2D eigenvalue weighted by Gasteiger charge is -2.30. The van der Waals surface area contributed by atoms with Crippen LogP contribution in [0.2, 0.25) is 0 Å². The van der Waals surface area contributed by atoms with Crippen molar-refractivity contribution in [2.75, 3.05) is 0 Å². The molecule has 0 bridgehead atoms. The molecular formula is C64H42N2. The molecule has 11 aromatic rings. The van der Waals surface area contributed by atoms with Crippen LogP contribution in [0.15, 0.2) is 218 Å². The van der Waals surface area contributed by atoms with E-state index in [1.807, 2.05) is 0 Å². The van der Waals surface area contributed by atoms with Crippen molar-refractivity contribution >= 4 is 21.5 Å². The summed E-state index contributed by atoms with van der Waals surface area (Å²) in [7, 11) is 0. The second-order valence-electron chi connectivity index (χ2n) is 18.8. The molecule has 2 heteroatoms. The molecule has 1 aromatic heterocycles. The third-order valence-corrected chi connectivity index (χ3v) is 15.1. The second kappa shape index (κ2) is 13.7. The Morgan fingerprint density at radius 1 is 0.303 bits per heavy atom. The minimum absolute atomic E-state index is 0.127. The number of hydrogen-bond acceptors (Lipinski definition) is 2. The van der Waals surface area contributed by atoms with E-state index < -0.39 is 5.41 Å². The first kappa shape index (κ1) is 37.2. The van der Waals surface area contributed by atoms with Gasteiger partial charge in [-0.2, -0.15) is 0 Å². The van der Waals surface area contributed by atoms with E-state index in [0.717, 1.165) is 33.5 Å². The van der Waals surface area contributed by atoms with Crippen molar-refractivity contribution in [2.45, 2.75) is 24.7 Å². The summed E-state index contributed by atoms with van der Waals surface area (Å²) in [5, 5.41) is 4.92. The van der Waals surface area contributed by atoms with Gasteiger partial charge in [0.1, 0.15) is 0 Å². The monoisotopic (exact) mass is 838 g/mol. The van der Waals surface area contributed by atoms with Gasteiger partial charge in [-0.3, -0.25) is 0 Å². The third-order valence-electron chi connectivity index (χ3n) is 15.1. The van der Waals surface area contributed by atoms with Gasteiger partial charge >= 0.3 is 0 Å². The van der Waals surface area contributed by atoms with E-state index >= 15 is 0 Å². The molecule has 1 spiro atoms. The van der Waals surface area contributed by atoms with E-state index in [2.05, 4.69) is 232 Å². The molecule has 2 nitrogen and oxygen atoms in total. The number of hydrogen-bond donors (Lipinski definition) is 0. The number of nitrogens with zero attached hydrogens (tertiary/aromatic N) is 2. The van der Waals surface area contributed by atoms with Crippen LogP contribution < -0.4 is 0 Å². The molecule has 0 saturated heterocycles. The lowest BCUT2D eigenvalue weighted by Crippen LogP contribution is -2.25. The van der Waals surface area contributed by atoms with Crippen LogP contribution >= 0.6 is 0 Å². The van der Waals surface area contributed by atoms with Crippen LogP contribution in [0.5, 0.6) is 0 Å². The van der Waals surface area contributed by atoms with Crippen molar-refractivity contribution in [1.29, 1.82) is 0 Å². The fourth-order valence-electron chi connectivity index (χ4n) is 12.2. The minimum Gasteiger partial charge on any atom is -0.228 e. The number of aromatic nitrogens is 2. The summed E-state index contributed by atoms with van der Waals surface area (Å²) in [6.45, 7) is 4.75. The molecule has 0 saturated carbocycles. The van der Waals surface area contributed by atoms with Gasteiger partial charge in [0.15, 0.2) is 5.82 Å². The Bertz CT molecular complexity index is 3810. The van der Waals surface area contributed by atoms with Gasteiger partial charge in [0.2, 0.25) is 0 Å².